The third kappa shape index (κ3) is 4.21. The Balaban J connectivity index is 2.02. The minimum atomic E-state index is -0.442. The molecular formula is C17H26N2O2. The molecule has 1 fully saturated rings. The number of nitrogens with two attached hydrogens (primary N) is 1. The summed E-state index contributed by atoms with van der Waals surface area (Å²) in [6.45, 7) is 5.62. The Morgan fingerprint density at radius 3 is 2.67 bits per heavy atom. The van der Waals surface area contributed by atoms with Crippen LogP contribution in [0.15, 0.2) is 24.3 Å². The summed E-state index contributed by atoms with van der Waals surface area (Å²) in [4.78, 5) is 14.2. The molecule has 21 heavy (non-hydrogen) atoms. The van der Waals surface area contributed by atoms with Gasteiger partial charge in [-0.25, -0.2) is 0 Å². The number of benzene rings is 1. The first-order valence-corrected chi connectivity index (χ1v) is 7.90. The largest absolute Gasteiger partial charge is 0.481 e. The van der Waals surface area contributed by atoms with Crippen LogP contribution in [0.1, 0.15) is 38.7 Å². The van der Waals surface area contributed by atoms with E-state index in [0.29, 0.717) is 0 Å². The predicted octanol–water partition coefficient (Wildman–Crippen LogP) is 2.36. The molecule has 0 radical (unpaired) electrons. The number of hydrogen-bond donors (Lipinski definition) is 1. The zero-order valence-electron chi connectivity index (χ0n) is 13.0. The molecule has 1 aromatic rings. The standard InChI is InChI=1S/C17H26N2O2/c1-3-15(18)12-14-8-4-5-9-16(14)21-13(2)17(20)19-10-6-7-11-19/h4-5,8-9,13,15H,3,6-7,10-12,18H2,1-2H3. The summed E-state index contributed by atoms with van der Waals surface area (Å²) < 4.78 is 5.92. The summed E-state index contributed by atoms with van der Waals surface area (Å²) >= 11 is 0. The van der Waals surface area contributed by atoms with Crippen molar-refractivity contribution >= 4 is 5.91 Å². The van der Waals surface area contributed by atoms with Gasteiger partial charge in [0.2, 0.25) is 0 Å². The molecule has 1 aliphatic heterocycles. The molecule has 2 atom stereocenters. The van der Waals surface area contributed by atoms with Crippen molar-refractivity contribution in [2.24, 2.45) is 5.73 Å². The fourth-order valence-electron chi connectivity index (χ4n) is 2.65. The van der Waals surface area contributed by atoms with E-state index in [1.807, 2.05) is 36.1 Å². The van der Waals surface area contributed by atoms with E-state index in [9.17, 15) is 4.79 Å². The van der Waals surface area contributed by atoms with Crippen LogP contribution in [0.3, 0.4) is 0 Å². The highest BCUT2D eigenvalue weighted by molar-refractivity contribution is 5.81. The van der Waals surface area contributed by atoms with Crippen molar-refractivity contribution in [2.75, 3.05) is 13.1 Å². The minimum absolute atomic E-state index is 0.0853. The highest BCUT2D eigenvalue weighted by Gasteiger charge is 2.25. The summed E-state index contributed by atoms with van der Waals surface area (Å²) in [7, 11) is 0. The Morgan fingerprint density at radius 1 is 1.33 bits per heavy atom. The summed E-state index contributed by atoms with van der Waals surface area (Å²) in [6, 6.07) is 7.99. The Labute approximate surface area is 127 Å². The van der Waals surface area contributed by atoms with Gasteiger partial charge in [-0.1, -0.05) is 25.1 Å². The van der Waals surface area contributed by atoms with Gasteiger partial charge in [0.05, 0.1) is 0 Å². The summed E-state index contributed by atoms with van der Waals surface area (Å²) in [5.41, 5.74) is 7.11. The Kier molecular flexibility index (Phi) is 5.62. The van der Waals surface area contributed by atoms with E-state index in [1.165, 1.54) is 0 Å². The molecule has 0 bridgehead atoms. The molecule has 1 amide bonds. The van der Waals surface area contributed by atoms with Gasteiger partial charge >= 0.3 is 0 Å². The van der Waals surface area contributed by atoms with Crippen molar-refractivity contribution in [1.29, 1.82) is 0 Å². The number of para-hydroxylation sites is 1. The molecule has 0 aromatic heterocycles. The van der Waals surface area contributed by atoms with Gasteiger partial charge in [-0.3, -0.25) is 4.79 Å². The fourth-order valence-corrected chi connectivity index (χ4v) is 2.65. The number of rotatable bonds is 6. The summed E-state index contributed by atoms with van der Waals surface area (Å²) in [6.07, 6.45) is 3.46. The van der Waals surface area contributed by atoms with Crippen molar-refractivity contribution < 1.29 is 9.53 Å². The molecule has 116 valence electrons. The van der Waals surface area contributed by atoms with E-state index in [0.717, 1.165) is 50.1 Å². The molecule has 4 nitrogen and oxygen atoms in total. The lowest BCUT2D eigenvalue weighted by Gasteiger charge is -2.22. The van der Waals surface area contributed by atoms with Crippen molar-refractivity contribution in [3.05, 3.63) is 29.8 Å². The van der Waals surface area contributed by atoms with E-state index < -0.39 is 6.10 Å². The van der Waals surface area contributed by atoms with Crippen LogP contribution >= 0.6 is 0 Å². The van der Waals surface area contributed by atoms with Crippen molar-refractivity contribution in [1.82, 2.24) is 4.90 Å². The molecule has 2 unspecified atom stereocenters. The molecule has 1 aromatic carbocycles. The lowest BCUT2D eigenvalue weighted by molar-refractivity contribution is -0.136. The van der Waals surface area contributed by atoms with Crippen LogP contribution in [0.5, 0.6) is 5.75 Å². The number of amides is 1. The number of likely N-dealkylation sites (tertiary alicyclic amines) is 1. The number of ether oxygens (including phenoxy) is 1. The zero-order chi connectivity index (χ0) is 15.2. The Hall–Kier alpha value is -1.55. The van der Waals surface area contributed by atoms with Gasteiger partial charge in [-0.2, -0.15) is 0 Å². The normalized spacial score (nSPS) is 17.6. The predicted molar refractivity (Wildman–Crippen MR) is 84.3 cm³/mol. The van der Waals surface area contributed by atoms with Crippen LogP contribution in [0, 0.1) is 0 Å². The maximum Gasteiger partial charge on any atom is 0.263 e. The second-order valence-corrected chi connectivity index (χ2v) is 5.77. The second-order valence-electron chi connectivity index (χ2n) is 5.77. The van der Waals surface area contributed by atoms with E-state index in [-0.39, 0.29) is 11.9 Å². The van der Waals surface area contributed by atoms with Crippen LogP contribution < -0.4 is 10.5 Å². The lowest BCUT2D eigenvalue weighted by atomic mass is 10.0. The van der Waals surface area contributed by atoms with Crippen LogP contribution in [-0.4, -0.2) is 36.0 Å². The number of nitrogens with zero attached hydrogens (tertiary/aromatic N) is 1. The quantitative estimate of drug-likeness (QED) is 0.875. The zero-order valence-corrected chi connectivity index (χ0v) is 13.0. The first kappa shape index (κ1) is 15.8. The SMILES string of the molecule is CCC(N)Cc1ccccc1OC(C)C(=O)N1CCCC1. The first-order chi connectivity index (χ1) is 10.1. The van der Waals surface area contributed by atoms with Crippen molar-refractivity contribution in [3.8, 4) is 5.75 Å². The molecule has 0 saturated carbocycles. The van der Waals surface area contributed by atoms with Gasteiger partial charge in [-0.15, -0.1) is 0 Å². The maximum absolute atomic E-state index is 12.3. The average molecular weight is 290 g/mol. The molecule has 0 aliphatic carbocycles. The smallest absolute Gasteiger partial charge is 0.263 e. The van der Waals surface area contributed by atoms with Gasteiger partial charge in [0.25, 0.3) is 5.91 Å². The lowest BCUT2D eigenvalue weighted by Crippen LogP contribution is -2.38. The van der Waals surface area contributed by atoms with Crippen molar-refractivity contribution in [3.63, 3.8) is 0 Å². The third-order valence-corrected chi connectivity index (χ3v) is 4.05. The minimum Gasteiger partial charge on any atom is -0.481 e. The average Bonchev–Trinajstić information content (AvgIpc) is 3.02. The molecule has 2 rings (SSSR count). The molecule has 4 heteroatoms. The van der Waals surface area contributed by atoms with Crippen LogP contribution in [-0.2, 0) is 11.2 Å². The Morgan fingerprint density at radius 2 is 2.00 bits per heavy atom. The van der Waals surface area contributed by atoms with Crippen LogP contribution in [0.4, 0.5) is 0 Å². The van der Waals surface area contributed by atoms with E-state index >= 15 is 0 Å². The topological polar surface area (TPSA) is 55.6 Å². The van der Waals surface area contributed by atoms with E-state index in [4.69, 9.17) is 10.5 Å². The number of carbonyl (C=O) groups excluding carboxylic acids is 1. The van der Waals surface area contributed by atoms with Gasteiger partial charge < -0.3 is 15.4 Å². The van der Waals surface area contributed by atoms with Gasteiger partial charge in [0, 0.05) is 19.1 Å². The molecule has 1 heterocycles. The monoisotopic (exact) mass is 290 g/mol. The van der Waals surface area contributed by atoms with Gasteiger partial charge in [0.1, 0.15) is 5.75 Å². The molecule has 0 spiro atoms. The fraction of sp³-hybridized carbons (Fsp3) is 0.588. The summed E-state index contributed by atoms with van der Waals surface area (Å²) in [5.74, 6) is 0.864. The van der Waals surface area contributed by atoms with Crippen LogP contribution in [0.2, 0.25) is 0 Å². The van der Waals surface area contributed by atoms with Crippen molar-refractivity contribution in [2.45, 2.75) is 51.7 Å². The highest BCUT2D eigenvalue weighted by atomic mass is 16.5. The highest BCUT2D eigenvalue weighted by Crippen LogP contribution is 2.22. The molecular weight excluding hydrogens is 264 g/mol. The Bertz CT molecular complexity index is 470. The molecule has 1 aliphatic rings. The van der Waals surface area contributed by atoms with Gasteiger partial charge in [-0.05, 0) is 44.2 Å². The van der Waals surface area contributed by atoms with E-state index in [1.54, 1.807) is 0 Å². The maximum atomic E-state index is 12.3. The molecule has 1 saturated heterocycles. The van der Waals surface area contributed by atoms with Gasteiger partial charge in [0.15, 0.2) is 6.10 Å². The number of hydrogen-bond acceptors (Lipinski definition) is 3. The second kappa shape index (κ2) is 7.46. The first-order valence-electron chi connectivity index (χ1n) is 7.90. The number of carbonyl (C=O) groups is 1. The third-order valence-electron chi connectivity index (χ3n) is 4.05. The molecule has 2 N–H and O–H groups in total. The van der Waals surface area contributed by atoms with Crippen LogP contribution in [0.25, 0.3) is 0 Å². The van der Waals surface area contributed by atoms with E-state index in [2.05, 4.69) is 6.92 Å². The summed E-state index contributed by atoms with van der Waals surface area (Å²) in [5, 5.41) is 0.